The number of carbonyl (C=O) groups excluding carboxylic acids is 2. The maximum Gasteiger partial charge on any atom is 0.422 e. The summed E-state index contributed by atoms with van der Waals surface area (Å²) in [7, 11) is 0. The van der Waals surface area contributed by atoms with Crippen molar-refractivity contribution in [2.45, 2.75) is 80.4 Å². The molecule has 22 heteroatoms. The smallest absolute Gasteiger partial charge is 0.422 e. The van der Waals surface area contributed by atoms with Crippen LogP contribution in [0.15, 0.2) is 60.9 Å². The Kier molecular flexibility index (Phi) is 13.3. The fourth-order valence-electron chi connectivity index (χ4n) is 5.25. The number of anilines is 9. The number of nitro groups is 1. The monoisotopic (exact) mass is 856 g/mol. The third kappa shape index (κ3) is 11.7. The number of hydrogen-bond donors (Lipinski definition) is 5. The Morgan fingerprint density at radius 2 is 1.13 bits per heavy atom. The SMILES string of the molecule is Cc1cc(N(C(=O)OC(C)(C)C)c2nc(Nc3cc(N)ccc3C)ncc2F)n[nH]1.Cc1cc(N(C(=O)OC(C)(C)C)c2nc(Nc3cc([N+](=O)[O-])ccc3C)ncc2F)n[nH]1. The van der Waals surface area contributed by atoms with E-state index in [-0.39, 0.29) is 35.0 Å². The Labute approximate surface area is 354 Å². The number of nitrogens with one attached hydrogen (secondary N) is 4. The third-order valence-corrected chi connectivity index (χ3v) is 8.06. The topological polar surface area (TPSA) is 261 Å². The van der Waals surface area contributed by atoms with Crippen LogP contribution in [0.5, 0.6) is 0 Å². The molecule has 0 aliphatic rings. The zero-order valence-electron chi connectivity index (χ0n) is 35.6. The Balaban J connectivity index is 0.000000235. The van der Waals surface area contributed by atoms with Crippen LogP contribution in [0.2, 0.25) is 0 Å². The van der Waals surface area contributed by atoms with Crippen molar-refractivity contribution in [1.29, 1.82) is 0 Å². The molecule has 0 fully saturated rings. The molecule has 0 aliphatic carbocycles. The normalized spacial score (nSPS) is 11.2. The van der Waals surface area contributed by atoms with Gasteiger partial charge in [-0.05, 0) is 92.5 Å². The lowest BCUT2D eigenvalue weighted by Crippen LogP contribution is -2.35. The van der Waals surface area contributed by atoms with Crippen LogP contribution < -0.4 is 26.2 Å². The first-order valence-electron chi connectivity index (χ1n) is 18.8. The van der Waals surface area contributed by atoms with Gasteiger partial charge < -0.3 is 25.8 Å². The van der Waals surface area contributed by atoms with E-state index >= 15 is 0 Å². The fourth-order valence-corrected chi connectivity index (χ4v) is 5.25. The van der Waals surface area contributed by atoms with E-state index in [2.05, 4.69) is 51.0 Å². The van der Waals surface area contributed by atoms with E-state index in [1.807, 2.05) is 13.0 Å². The first-order chi connectivity index (χ1) is 29.0. The molecule has 0 bridgehead atoms. The summed E-state index contributed by atoms with van der Waals surface area (Å²) in [5, 5.41) is 30.4. The Morgan fingerprint density at radius 1 is 0.710 bits per heavy atom. The quantitative estimate of drug-likeness (QED) is 0.0516. The number of rotatable bonds is 9. The van der Waals surface area contributed by atoms with Crippen LogP contribution in [-0.4, -0.2) is 68.6 Å². The molecule has 2 amide bonds. The number of ether oxygens (including phenoxy) is 2. The summed E-state index contributed by atoms with van der Waals surface area (Å²) in [6.07, 6.45) is 0.147. The molecule has 0 aliphatic heterocycles. The number of nitrogen functional groups attached to an aromatic ring is 1. The minimum Gasteiger partial charge on any atom is -0.443 e. The summed E-state index contributed by atoms with van der Waals surface area (Å²) < 4.78 is 40.3. The van der Waals surface area contributed by atoms with Crippen molar-refractivity contribution in [1.82, 2.24) is 40.3 Å². The van der Waals surface area contributed by atoms with Gasteiger partial charge in [0.15, 0.2) is 34.9 Å². The van der Waals surface area contributed by atoms with E-state index in [0.717, 1.165) is 27.8 Å². The van der Waals surface area contributed by atoms with Crippen LogP contribution >= 0.6 is 0 Å². The minimum absolute atomic E-state index is 0.0758. The maximum absolute atomic E-state index is 14.8. The lowest BCUT2D eigenvalue weighted by Gasteiger charge is -2.25. The van der Waals surface area contributed by atoms with E-state index < -0.39 is 45.8 Å². The molecule has 6 rings (SSSR count). The van der Waals surface area contributed by atoms with Crippen molar-refractivity contribution in [3.05, 3.63) is 105 Å². The van der Waals surface area contributed by atoms with Gasteiger partial charge >= 0.3 is 12.2 Å². The van der Waals surface area contributed by atoms with Crippen molar-refractivity contribution in [2.24, 2.45) is 0 Å². The molecule has 4 aromatic heterocycles. The molecule has 0 atom stereocenters. The highest BCUT2D eigenvalue weighted by atomic mass is 19.1. The fraction of sp³-hybridized carbons (Fsp3) is 0.300. The van der Waals surface area contributed by atoms with Gasteiger partial charge in [-0.25, -0.2) is 38.1 Å². The molecule has 0 saturated carbocycles. The molecule has 0 unspecified atom stereocenters. The average molecular weight is 857 g/mol. The van der Waals surface area contributed by atoms with Crippen molar-refractivity contribution in [3.8, 4) is 0 Å². The lowest BCUT2D eigenvalue weighted by atomic mass is 10.2. The number of aromatic amines is 2. The van der Waals surface area contributed by atoms with Gasteiger partial charge in [0, 0.05) is 47.0 Å². The molecule has 0 radical (unpaired) electrons. The number of nitrogens with zero attached hydrogens (tertiary/aromatic N) is 9. The number of nitro benzene ring substituents is 1. The van der Waals surface area contributed by atoms with Crippen LogP contribution in [0.3, 0.4) is 0 Å². The van der Waals surface area contributed by atoms with Gasteiger partial charge in [0.2, 0.25) is 11.9 Å². The van der Waals surface area contributed by atoms with Gasteiger partial charge in [0.05, 0.1) is 23.0 Å². The van der Waals surface area contributed by atoms with Crippen molar-refractivity contribution in [3.63, 3.8) is 0 Å². The maximum atomic E-state index is 14.8. The second kappa shape index (κ2) is 18.2. The number of amides is 2. The van der Waals surface area contributed by atoms with Gasteiger partial charge in [-0.3, -0.25) is 20.3 Å². The second-order valence-electron chi connectivity index (χ2n) is 15.8. The predicted octanol–water partition coefficient (Wildman–Crippen LogP) is 9.04. The van der Waals surface area contributed by atoms with E-state index in [1.54, 1.807) is 86.6 Å². The van der Waals surface area contributed by atoms with Gasteiger partial charge in [0.25, 0.3) is 5.69 Å². The van der Waals surface area contributed by atoms with E-state index in [4.69, 9.17) is 15.2 Å². The minimum atomic E-state index is -0.891. The molecule has 326 valence electrons. The molecule has 6 aromatic rings. The number of benzene rings is 2. The highest BCUT2D eigenvalue weighted by Gasteiger charge is 2.32. The molecule has 0 saturated heterocycles. The molecule has 6 N–H and O–H groups in total. The predicted molar refractivity (Wildman–Crippen MR) is 227 cm³/mol. The van der Waals surface area contributed by atoms with Gasteiger partial charge in [-0.2, -0.15) is 20.2 Å². The van der Waals surface area contributed by atoms with Crippen molar-refractivity contribution < 1.29 is 32.8 Å². The van der Waals surface area contributed by atoms with Gasteiger partial charge in [0.1, 0.15) is 11.2 Å². The standard InChI is InChI=1S/C20H22FN7O4.C20H24FN7O2/c1-11-6-7-13(28(30)31)9-15(11)23-18-22-10-14(21)17(24-18)27(16-8-12(2)25-26-16)19(29)32-20(3,4)5;1-11-6-7-13(22)9-15(11)24-18-23-10-14(21)17(25-18)28(16-8-12(2)26-27-16)19(29)30-20(3,4)5/h6-10H,1-5H3,(H,25,26)(H,22,23,24);6-10H,22H2,1-5H3,(H,26,27)(H,23,24,25). The summed E-state index contributed by atoms with van der Waals surface area (Å²) in [6, 6.07) is 12.7. The number of halogens is 2. The number of hydrogen-bond acceptors (Lipinski definition) is 15. The van der Waals surface area contributed by atoms with Crippen LogP contribution in [-0.2, 0) is 9.47 Å². The summed E-state index contributed by atoms with van der Waals surface area (Å²) in [4.78, 5) is 54.4. The zero-order valence-corrected chi connectivity index (χ0v) is 35.6. The molecule has 0 spiro atoms. The van der Waals surface area contributed by atoms with E-state index in [1.165, 1.54) is 18.2 Å². The summed E-state index contributed by atoms with van der Waals surface area (Å²) >= 11 is 0. The highest BCUT2D eigenvalue weighted by Crippen LogP contribution is 2.32. The lowest BCUT2D eigenvalue weighted by molar-refractivity contribution is -0.384. The molecule has 4 heterocycles. The number of non-ortho nitro benzene ring substituents is 1. The van der Waals surface area contributed by atoms with E-state index in [9.17, 15) is 28.5 Å². The number of carbonyl (C=O) groups is 2. The Bertz CT molecular complexity index is 2600. The average Bonchev–Trinajstić information content (AvgIpc) is 3.79. The summed E-state index contributed by atoms with van der Waals surface area (Å²) in [6.45, 7) is 17.3. The largest absolute Gasteiger partial charge is 0.443 e. The Hall–Kier alpha value is -7.78. The van der Waals surface area contributed by atoms with Crippen molar-refractivity contribution in [2.75, 3.05) is 26.2 Å². The van der Waals surface area contributed by atoms with Crippen molar-refractivity contribution >= 4 is 70.1 Å². The van der Waals surface area contributed by atoms with Crippen LogP contribution in [0.4, 0.5) is 76.3 Å². The van der Waals surface area contributed by atoms with Gasteiger partial charge in [-0.15, -0.1) is 0 Å². The summed E-state index contributed by atoms with van der Waals surface area (Å²) in [5.41, 5.74) is 8.50. The van der Waals surface area contributed by atoms with Gasteiger partial charge in [-0.1, -0.05) is 12.1 Å². The number of aryl methyl sites for hydroxylation is 4. The zero-order chi connectivity index (χ0) is 45.7. The second-order valence-corrected chi connectivity index (χ2v) is 15.8. The first-order valence-corrected chi connectivity index (χ1v) is 18.8. The third-order valence-electron chi connectivity index (χ3n) is 8.06. The molecule has 20 nitrogen and oxygen atoms in total. The summed E-state index contributed by atoms with van der Waals surface area (Å²) in [5.74, 6) is -2.17. The first kappa shape index (κ1) is 45.3. The molecular formula is C40H46F2N14O6. The van der Waals surface area contributed by atoms with Crippen LogP contribution in [0.25, 0.3) is 0 Å². The number of H-pyrrole nitrogens is 2. The molecule has 62 heavy (non-hydrogen) atoms. The number of aromatic nitrogens is 8. The number of nitrogens with two attached hydrogens (primary N) is 1. The van der Waals surface area contributed by atoms with Crippen LogP contribution in [0, 0.1) is 49.4 Å². The van der Waals surface area contributed by atoms with E-state index in [0.29, 0.717) is 34.0 Å². The Morgan fingerprint density at radius 3 is 1.52 bits per heavy atom. The van der Waals surface area contributed by atoms with Crippen LogP contribution in [0.1, 0.15) is 64.1 Å². The highest BCUT2D eigenvalue weighted by molar-refractivity contribution is 5.95. The molecule has 2 aromatic carbocycles. The molecular weight excluding hydrogens is 811 g/mol.